The quantitative estimate of drug-likeness (QED) is 0.119. The molecular formula is C28H42F3NO4. The van der Waals surface area contributed by atoms with Gasteiger partial charge in [-0.3, -0.25) is 4.90 Å². The van der Waals surface area contributed by atoms with Gasteiger partial charge in [0.15, 0.2) is 0 Å². The summed E-state index contributed by atoms with van der Waals surface area (Å²) in [5, 5.41) is 0.294. The van der Waals surface area contributed by atoms with E-state index in [9.17, 15) is 22.8 Å². The number of fused-ring (bicyclic) bond motifs is 1. The van der Waals surface area contributed by atoms with Crippen LogP contribution in [0.25, 0.3) is 11.0 Å². The first kappa shape index (κ1) is 31.7. The topological polar surface area (TPSA) is 59.8 Å². The van der Waals surface area contributed by atoms with Crippen molar-refractivity contribution in [2.45, 2.75) is 85.9 Å². The van der Waals surface area contributed by atoms with E-state index in [-0.39, 0.29) is 23.2 Å². The minimum Gasteiger partial charge on any atom is -0.422 e. The molecule has 0 unspecified atom stereocenters. The molecule has 0 saturated heterocycles. The molecule has 0 aliphatic rings. The number of carbonyl (C=O) groups is 1. The van der Waals surface area contributed by atoms with Gasteiger partial charge in [-0.15, -0.1) is 0 Å². The Kier molecular flexibility index (Phi) is 13.2. The molecule has 36 heavy (non-hydrogen) atoms. The summed E-state index contributed by atoms with van der Waals surface area (Å²) in [6.07, 6.45) is 2.40. The number of nitrogens with zero attached hydrogens (tertiary/aromatic N) is 1. The molecular weight excluding hydrogens is 471 g/mol. The van der Waals surface area contributed by atoms with Crippen molar-refractivity contribution in [2.24, 2.45) is 11.3 Å². The van der Waals surface area contributed by atoms with Crippen LogP contribution in [0.1, 0.15) is 78.2 Å². The Labute approximate surface area is 213 Å². The van der Waals surface area contributed by atoms with Gasteiger partial charge in [0.2, 0.25) is 0 Å². The Hall–Kier alpha value is -2.35. The number of hydrogen-bond acceptors (Lipinski definition) is 5. The fourth-order valence-corrected chi connectivity index (χ4v) is 3.68. The number of anilines is 1. The predicted octanol–water partition coefficient (Wildman–Crippen LogP) is 7.67. The second-order valence-corrected chi connectivity index (χ2v) is 10.3. The first-order valence-electron chi connectivity index (χ1n) is 12.7. The lowest BCUT2D eigenvalue weighted by molar-refractivity contribution is -0.129. The predicted molar refractivity (Wildman–Crippen MR) is 139 cm³/mol. The Bertz CT molecular complexity index is 983. The van der Waals surface area contributed by atoms with Gasteiger partial charge < -0.3 is 13.9 Å². The lowest BCUT2D eigenvalue weighted by Gasteiger charge is -2.27. The largest absolute Gasteiger partial charge is 0.484 e. The number of para-hydroxylation sites is 1. The smallest absolute Gasteiger partial charge is 0.422 e. The molecule has 0 atom stereocenters. The molecule has 2 aromatic rings. The number of rotatable bonds is 13. The average Bonchev–Trinajstić information content (AvgIpc) is 2.79. The van der Waals surface area contributed by atoms with Crippen molar-refractivity contribution in [1.82, 2.24) is 0 Å². The summed E-state index contributed by atoms with van der Waals surface area (Å²) in [4.78, 5) is 22.6. The van der Waals surface area contributed by atoms with Gasteiger partial charge in [0, 0.05) is 37.1 Å². The highest BCUT2D eigenvalue weighted by Crippen LogP contribution is 2.34. The first-order chi connectivity index (χ1) is 16.8. The molecule has 0 radical (unpaired) electrons. The molecule has 2 rings (SSSR count). The monoisotopic (exact) mass is 513 g/mol. The van der Waals surface area contributed by atoms with E-state index in [1.807, 2.05) is 13.8 Å². The van der Waals surface area contributed by atoms with Crippen molar-refractivity contribution in [3.8, 4) is 0 Å². The van der Waals surface area contributed by atoms with Gasteiger partial charge in [-0.2, -0.15) is 13.2 Å². The summed E-state index contributed by atoms with van der Waals surface area (Å²) in [6.45, 7) is 10.5. The van der Waals surface area contributed by atoms with Gasteiger partial charge in [-0.05, 0) is 43.7 Å². The number of methoxy groups -OCH3 is 1. The van der Waals surface area contributed by atoms with E-state index in [1.165, 1.54) is 0 Å². The van der Waals surface area contributed by atoms with Crippen molar-refractivity contribution in [3.63, 3.8) is 0 Å². The molecule has 1 aromatic carbocycles. The van der Waals surface area contributed by atoms with E-state index in [0.29, 0.717) is 41.2 Å². The Morgan fingerprint density at radius 3 is 2.31 bits per heavy atom. The number of alkyl halides is 3. The summed E-state index contributed by atoms with van der Waals surface area (Å²) in [6, 6.07) is 5.83. The van der Waals surface area contributed by atoms with Crippen molar-refractivity contribution < 1.29 is 27.1 Å². The molecule has 0 amide bonds. The maximum Gasteiger partial charge on any atom is 0.484 e. The van der Waals surface area contributed by atoms with Crippen molar-refractivity contribution >= 4 is 22.9 Å². The molecule has 0 N–H and O–H groups in total. The van der Waals surface area contributed by atoms with E-state index in [2.05, 4.69) is 13.8 Å². The van der Waals surface area contributed by atoms with E-state index in [0.717, 1.165) is 44.5 Å². The van der Waals surface area contributed by atoms with Crippen molar-refractivity contribution in [3.05, 3.63) is 40.2 Å². The molecule has 0 aliphatic heterocycles. The average molecular weight is 514 g/mol. The van der Waals surface area contributed by atoms with Crippen LogP contribution in [0.2, 0.25) is 0 Å². The molecule has 0 bridgehead atoms. The number of halogens is 3. The fraction of sp³-hybridized carbons (Fsp3) is 0.643. The summed E-state index contributed by atoms with van der Waals surface area (Å²) < 4.78 is 50.9. The zero-order valence-electron chi connectivity index (χ0n) is 22.5. The molecule has 0 saturated carbocycles. The zero-order chi connectivity index (χ0) is 27.4. The normalized spacial score (nSPS) is 11.9. The number of aldehydes is 1. The number of unbranched alkanes of at least 4 members (excludes halogenated alkanes) is 4. The van der Waals surface area contributed by atoms with Gasteiger partial charge in [0.1, 0.15) is 11.9 Å². The Morgan fingerprint density at radius 2 is 1.72 bits per heavy atom. The van der Waals surface area contributed by atoms with Crippen LogP contribution >= 0.6 is 0 Å². The standard InChI is InChI=1S/C19H24F3NO3.C9H18O/c1-14-9-8-10-15-16(13-17(24)26-18(14)15)23(19(20,21)22)11-6-4-3-5-7-12-25-2;1-8(2)5-6-9(3,4)7-10/h8-10,13H,3-7,11-12H2,1-2H3;7-8H,5-6H2,1-4H3. The first-order valence-corrected chi connectivity index (χ1v) is 12.7. The van der Waals surface area contributed by atoms with Crippen LogP contribution in [-0.4, -0.2) is 32.8 Å². The lowest BCUT2D eigenvalue weighted by atomic mass is 9.87. The molecule has 1 aromatic heterocycles. The van der Waals surface area contributed by atoms with Crippen LogP contribution in [0.15, 0.2) is 33.5 Å². The summed E-state index contributed by atoms with van der Waals surface area (Å²) in [7, 11) is 1.63. The summed E-state index contributed by atoms with van der Waals surface area (Å²) >= 11 is 0. The van der Waals surface area contributed by atoms with Gasteiger partial charge in [0.25, 0.3) is 0 Å². The maximum atomic E-state index is 13.6. The molecule has 0 spiro atoms. The molecule has 0 aliphatic carbocycles. The highest BCUT2D eigenvalue weighted by Gasteiger charge is 2.38. The van der Waals surface area contributed by atoms with Crippen LogP contribution in [0.4, 0.5) is 18.9 Å². The van der Waals surface area contributed by atoms with Crippen LogP contribution in [0.3, 0.4) is 0 Å². The maximum absolute atomic E-state index is 13.6. The minimum atomic E-state index is -4.57. The Balaban J connectivity index is 0.000000548. The lowest BCUT2D eigenvalue weighted by Crippen LogP contribution is -2.39. The van der Waals surface area contributed by atoms with Gasteiger partial charge in [-0.1, -0.05) is 65.5 Å². The van der Waals surface area contributed by atoms with Gasteiger partial charge in [0.05, 0.1) is 5.69 Å². The number of hydrogen-bond donors (Lipinski definition) is 0. The zero-order valence-corrected chi connectivity index (χ0v) is 22.5. The molecule has 0 fully saturated rings. The number of ether oxygens (including phenoxy) is 1. The summed E-state index contributed by atoms with van der Waals surface area (Å²) in [5.74, 6) is 0.708. The highest BCUT2D eigenvalue weighted by molar-refractivity contribution is 5.92. The van der Waals surface area contributed by atoms with Crippen LogP contribution < -0.4 is 10.5 Å². The molecule has 5 nitrogen and oxygen atoms in total. The van der Waals surface area contributed by atoms with E-state index in [4.69, 9.17) is 9.15 Å². The fourth-order valence-electron chi connectivity index (χ4n) is 3.68. The SMILES string of the molecule is CC(C)CCC(C)(C)C=O.COCCCCCCCN(c1cc(=O)oc2c(C)cccc12)C(F)(F)F. The number of carbonyl (C=O) groups excluding carboxylic acids is 1. The molecule has 8 heteroatoms. The minimum absolute atomic E-state index is 0.107. The second-order valence-electron chi connectivity index (χ2n) is 10.3. The van der Waals surface area contributed by atoms with Gasteiger partial charge in [-0.25, -0.2) is 4.79 Å². The van der Waals surface area contributed by atoms with E-state index >= 15 is 0 Å². The van der Waals surface area contributed by atoms with Crippen LogP contribution in [-0.2, 0) is 9.53 Å². The van der Waals surface area contributed by atoms with Crippen molar-refractivity contribution in [2.75, 3.05) is 25.2 Å². The third-order valence-corrected chi connectivity index (χ3v) is 5.96. The third kappa shape index (κ3) is 11.1. The Morgan fingerprint density at radius 1 is 1.08 bits per heavy atom. The second kappa shape index (κ2) is 15.0. The number of benzene rings is 1. The van der Waals surface area contributed by atoms with E-state index in [1.54, 1.807) is 32.2 Å². The third-order valence-electron chi connectivity index (χ3n) is 5.96. The number of aryl methyl sites for hydroxylation is 1. The van der Waals surface area contributed by atoms with E-state index < -0.39 is 11.9 Å². The van der Waals surface area contributed by atoms with Crippen LogP contribution in [0, 0.1) is 18.3 Å². The highest BCUT2D eigenvalue weighted by atomic mass is 19.4. The molecule has 1 heterocycles. The summed E-state index contributed by atoms with van der Waals surface area (Å²) in [5.41, 5.74) is -0.211. The van der Waals surface area contributed by atoms with Gasteiger partial charge >= 0.3 is 11.9 Å². The molecule has 204 valence electrons. The van der Waals surface area contributed by atoms with Crippen molar-refractivity contribution in [1.29, 1.82) is 0 Å². The van der Waals surface area contributed by atoms with Crippen LogP contribution in [0.5, 0.6) is 0 Å².